The van der Waals surface area contributed by atoms with Gasteiger partial charge in [-0.2, -0.15) is 0 Å². The fraction of sp³-hybridized carbons (Fsp3) is 0.769. The minimum atomic E-state index is 0.230. The molecule has 0 atom stereocenters. The quantitative estimate of drug-likeness (QED) is 0.693. The summed E-state index contributed by atoms with van der Waals surface area (Å²) in [5, 5.41) is 3.35. The molecule has 0 aromatic heterocycles. The van der Waals surface area contributed by atoms with Crippen LogP contribution >= 0.6 is 0 Å². The molecule has 0 unspecified atom stereocenters. The Kier molecular flexibility index (Phi) is 6.89. The summed E-state index contributed by atoms with van der Waals surface area (Å²) in [6.07, 6.45) is 3.93. The van der Waals surface area contributed by atoms with Gasteiger partial charge in [0.2, 0.25) is 5.91 Å². The number of carbonyl (C=O) groups is 1. The molecular weight excluding hydrogens is 214 g/mol. The van der Waals surface area contributed by atoms with Crippen molar-refractivity contribution in [3.05, 3.63) is 12.7 Å². The van der Waals surface area contributed by atoms with Crippen LogP contribution < -0.4 is 5.32 Å². The maximum atomic E-state index is 12.1. The molecule has 0 spiro atoms. The van der Waals surface area contributed by atoms with Crippen LogP contribution in [-0.4, -0.2) is 61.5 Å². The molecule has 1 saturated heterocycles. The van der Waals surface area contributed by atoms with Crippen LogP contribution in [0.4, 0.5) is 0 Å². The summed E-state index contributed by atoms with van der Waals surface area (Å²) in [5.74, 6) is 0.230. The summed E-state index contributed by atoms with van der Waals surface area (Å²) in [5.41, 5.74) is 0. The zero-order chi connectivity index (χ0) is 12.5. The lowest BCUT2D eigenvalue weighted by molar-refractivity contribution is -0.131. The number of nitrogens with one attached hydrogen (secondary N) is 1. The number of nitrogens with zero attached hydrogens (tertiary/aromatic N) is 2. The van der Waals surface area contributed by atoms with Crippen molar-refractivity contribution < 1.29 is 4.79 Å². The molecule has 1 fully saturated rings. The van der Waals surface area contributed by atoms with Gasteiger partial charge in [-0.3, -0.25) is 9.69 Å². The molecule has 17 heavy (non-hydrogen) atoms. The summed E-state index contributed by atoms with van der Waals surface area (Å²) < 4.78 is 0. The molecule has 1 amide bonds. The third-order valence-corrected chi connectivity index (χ3v) is 2.99. The largest absolute Gasteiger partial charge is 0.338 e. The first kappa shape index (κ1) is 14.2. The van der Waals surface area contributed by atoms with E-state index in [1.54, 1.807) is 6.08 Å². The second kappa shape index (κ2) is 8.25. The molecule has 1 heterocycles. The van der Waals surface area contributed by atoms with Crippen molar-refractivity contribution in [3.63, 3.8) is 0 Å². The van der Waals surface area contributed by atoms with E-state index in [1.807, 2.05) is 4.90 Å². The Labute approximate surface area is 105 Å². The highest BCUT2D eigenvalue weighted by atomic mass is 16.2. The van der Waals surface area contributed by atoms with Crippen LogP contribution in [0.2, 0.25) is 0 Å². The molecule has 0 radical (unpaired) electrons. The Hall–Kier alpha value is -0.870. The molecule has 4 heteroatoms. The Balaban J connectivity index is 2.40. The van der Waals surface area contributed by atoms with Gasteiger partial charge in [-0.1, -0.05) is 13.0 Å². The van der Waals surface area contributed by atoms with Crippen molar-refractivity contribution in [2.45, 2.75) is 19.8 Å². The van der Waals surface area contributed by atoms with Crippen molar-refractivity contribution in [2.24, 2.45) is 0 Å². The lowest BCUT2D eigenvalue weighted by Gasteiger charge is -2.25. The van der Waals surface area contributed by atoms with Crippen molar-refractivity contribution in [1.82, 2.24) is 15.1 Å². The van der Waals surface area contributed by atoms with Crippen LogP contribution in [0.5, 0.6) is 0 Å². The number of rotatable bonds is 6. The maximum Gasteiger partial charge on any atom is 0.237 e. The molecule has 0 aliphatic carbocycles. The Morgan fingerprint density at radius 2 is 2.29 bits per heavy atom. The lowest BCUT2D eigenvalue weighted by atomic mass is 10.3. The Morgan fingerprint density at radius 1 is 1.47 bits per heavy atom. The summed E-state index contributed by atoms with van der Waals surface area (Å²) in [7, 11) is 0. The first-order chi connectivity index (χ1) is 8.27. The summed E-state index contributed by atoms with van der Waals surface area (Å²) in [4.78, 5) is 16.3. The molecule has 0 bridgehead atoms. The van der Waals surface area contributed by atoms with Gasteiger partial charge in [-0.05, 0) is 25.9 Å². The predicted octanol–water partition coefficient (Wildman–Crippen LogP) is 0.706. The first-order valence-electron chi connectivity index (χ1n) is 6.59. The van der Waals surface area contributed by atoms with E-state index in [1.165, 1.54) is 0 Å². The summed E-state index contributed by atoms with van der Waals surface area (Å²) in [6.45, 7) is 11.9. The van der Waals surface area contributed by atoms with Crippen molar-refractivity contribution in [1.29, 1.82) is 0 Å². The molecule has 0 aromatic rings. The molecular formula is C13H25N3O. The van der Waals surface area contributed by atoms with Gasteiger partial charge in [0.15, 0.2) is 0 Å². The van der Waals surface area contributed by atoms with Crippen LogP contribution in [0.15, 0.2) is 12.7 Å². The number of amides is 1. The third-order valence-electron chi connectivity index (χ3n) is 2.99. The molecule has 1 N–H and O–H groups in total. The third kappa shape index (κ3) is 5.33. The predicted molar refractivity (Wildman–Crippen MR) is 71.0 cm³/mol. The van der Waals surface area contributed by atoms with Crippen LogP contribution in [0.25, 0.3) is 0 Å². The molecule has 0 saturated carbocycles. The van der Waals surface area contributed by atoms with Gasteiger partial charge in [0.1, 0.15) is 0 Å². The number of carbonyl (C=O) groups excluding carboxylic acids is 1. The van der Waals surface area contributed by atoms with E-state index >= 15 is 0 Å². The zero-order valence-corrected chi connectivity index (χ0v) is 11.0. The standard InChI is InChI=1S/C13H25N3O/c1-3-8-16(9-4-2)13(17)12-15-10-5-6-14-7-11-15/h3,14H,1,4-12H2,2H3. The normalized spacial score (nSPS) is 17.5. The molecule has 1 aliphatic rings. The van der Waals surface area contributed by atoms with Gasteiger partial charge in [0.25, 0.3) is 0 Å². The van der Waals surface area contributed by atoms with Crippen LogP contribution in [0.3, 0.4) is 0 Å². The highest BCUT2D eigenvalue weighted by Gasteiger charge is 2.16. The van der Waals surface area contributed by atoms with Gasteiger partial charge in [0.05, 0.1) is 6.54 Å². The SMILES string of the molecule is C=CCN(CCC)C(=O)CN1CCCNCC1. The van der Waals surface area contributed by atoms with Gasteiger partial charge >= 0.3 is 0 Å². The van der Waals surface area contributed by atoms with E-state index in [9.17, 15) is 4.79 Å². The monoisotopic (exact) mass is 239 g/mol. The van der Waals surface area contributed by atoms with Gasteiger partial charge in [-0.25, -0.2) is 0 Å². The van der Waals surface area contributed by atoms with E-state index in [4.69, 9.17) is 0 Å². The molecule has 1 rings (SSSR count). The average molecular weight is 239 g/mol. The van der Waals surface area contributed by atoms with E-state index in [0.717, 1.165) is 45.6 Å². The zero-order valence-electron chi connectivity index (χ0n) is 11.0. The highest BCUT2D eigenvalue weighted by molar-refractivity contribution is 5.78. The van der Waals surface area contributed by atoms with E-state index in [-0.39, 0.29) is 5.91 Å². The second-order valence-electron chi connectivity index (χ2n) is 4.51. The molecule has 1 aliphatic heterocycles. The van der Waals surface area contributed by atoms with Gasteiger partial charge in [-0.15, -0.1) is 6.58 Å². The fourth-order valence-corrected chi connectivity index (χ4v) is 2.09. The van der Waals surface area contributed by atoms with E-state index < -0.39 is 0 Å². The topological polar surface area (TPSA) is 35.6 Å². The van der Waals surface area contributed by atoms with Crippen molar-refractivity contribution in [2.75, 3.05) is 45.8 Å². The second-order valence-corrected chi connectivity index (χ2v) is 4.51. The van der Waals surface area contributed by atoms with Crippen LogP contribution in [0, 0.1) is 0 Å². The number of hydrogen-bond donors (Lipinski definition) is 1. The molecule has 0 aromatic carbocycles. The smallest absolute Gasteiger partial charge is 0.237 e. The first-order valence-corrected chi connectivity index (χ1v) is 6.59. The van der Waals surface area contributed by atoms with Gasteiger partial charge < -0.3 is 10.2 Å². The fourth-order valence-electron chi connectivity index (χ4n) is 2.09. The van der Waals surface area contributed by atoms with E-state index in [2.05, 4.69) is 23.7 Å². The Morgan fingerprint density at radius 3 is 3.00 bits per heavy atom. The minimum Gasteiger partial charge on any atom is -0.338 e. The van der Waals surface area contributed by atoms with Gasteiger partial charge in [0, 0.05) is 26.2 Å². The van der Waals surface area contributed by atoms with Crippen molar-refractivity contribution in [3.8, 4) is 0 Å². The molecule has 98 valence electrons. The van der Waals surface area contributed by atoms with Crippen LogP contribution in [0.1, 0.15) is 19.8 Å². The maximum absolute atomic E-state index is 12.1. The summed E-state index contributed by atoms with van der Waals surface area (Å²) in [6, 6.07) is 0. The van der Waals surface area contributed by atoms with E-state index in [0.29, 0.717) is 13.1 Å². The molecule has 4 nitrogen and oxygen atoms in total. The highest BCUT2D eigenvalue weighted by Crippen LogP contribution is 1.99. The average Bonchev–Trinajstić information content (AvgIpc) is 2.57. The van der Waals surface area contributed by atoms with Crippen LogP contribution in [-0.2, 0) is 4.79 Å². The Bertz CT molecular complexity index is 235. The number of hydrogen-bond acceptors (Lipinski definition) is 3. The summed E-state index contributed by atoms with van der Waals surface area (Å²) >= 11 is 0. The minimum absolute atomic E-state index is 0.230. The lowest BCUT2D eigenvalue weighted by Crippen LogP contribution is -2.42. The van der Waals surface area contributed by atoms with Crippen molar-refractivity contribution >= 4 is 5.91 Å².